The lowest BCUT2D eigenvalue weighted by atomic mass is 10.1. The first kappa shape index (κ1) is 15.3. The lowest BCUT2D eigenvalue weighted by molar-refractivity contribution is 1.06. The van der Waals surface area contributed by atoms with E-state index in [9.17, 15) is 0 Å². The zero-order valence-electron chi connectivity index (χ0n) is 11.5. The van der Waals surface area contributed by atoms with Crippen LogP contribution in [0.5, 0.6) is 0 Å². The Morgan fingerprint density at radius 1 is 1.28 bits per heavy atom. The molecule has 1 aromatic carbocycles. The van der Waals surface area contributed by atoms with E-state index in [1.807, 2.05) is 26.0 Å². The van der Waals surface area contributed by atoms with E-state index < -0.39 is 0 Å². The molecule has 0 aliphatic carbocycles. The number of nitrogens with zero attached hydrogens (tertiary/aromatic N) is 1. The van der Waals surface area contributed by atoms with Crippen LogP contribution in [-0.4, -0.2) is 12.0 Å². The van der Waals surface area contributed by atoms with E-state index in [2.05, 4.69) is 30.3 Å². The largest absolute Gasteiger partial charge is 0.258 e. The molecule has 0 radical (unpaired) electrons. The van der Waals surface area contributed by atoms with Gasteiger partial charge >= 0.3 is 0 Å². The van der Waals surface area contributed by atoms with Crippen molar-refractivity contribution in [1.29, 1.82) is 0 Å². The molecule has 18 heavy (non-hydrogen) atoms. The fourth-order valence-corrected chi connectivity index (χ4v) is 2.38. The Balaban J connectivity index is 0.000000771. The molecular formula is C15H20ClNS. The van der Waals surface area contributed by atoms with E-state index in [0.717, 1.165) is 29.1 Å². The summed E-state index contributed by atoms with van der Waals surface area (Å²) in [5.41, 5.74) is 3.25. The summed E-state index contributed by atoms with van der Waals surface area (Å²) in [7, 11) is 0. The highest BCUT2D eigenvalue weighted by Crippen LogP contribution is 2.31. The topological polar surface area (TPSA) is 12.4 Å². The van der Waals surface area contributed by atoms with Gasteiger partial charge < -0.3 is 0 Å². The first-order chi connectivity index (χ1) is 8.70. The molecule has 0 aromatic heterocycles. The standard InChI is InChI=1S/C13H14ClNS.C2H6/c1-9-4-3-5-13(15-9)11-8-10(16-2)6-7-12(11)14;1-2/h5-8H,3-4H2,1-2H3;1-2H3. The van der Waals surface area contributed by atoms with Crippen LogP contribution in [0.4, 0.5) is 0 Å². The number of rotatable bonds is 2. The van der Waals surface area contributed by atoms with Crippen molar-refractivity contribution in [3.63, 3.8) is 0 Å². The predicted octanol–water partition coefficient (Wildman–Crippen LogP) is 5.68. The van der Waals surface area contributed by atoms with Crippen molar-refractivity contribution in [2.45, 2.75) is 38.5 Å². The van der Waals surface area contributed by atoms with Crippen molar-refractivity contribution in [2.75, 3.05) is 6.26 Å². The van der Waals surface area contributed by atoms with Crippen LogP contribution in [0.1, 0.15) is 39.2 Å². The summed E-state index contributed by atoms with van der Waals surface area (Å²) < 4.78 is 0. The molecule has 98 valence electrons. The van der Waals surface area contributed by atoms with Crippen LogP contribution in [0.25, 0.3) is 5.70 Å². The normalized spacial score (nSPS) is 14.3. The maximum Gasteiger partial charge on any atom is 0.0676 e. The molecule has 0 unspecified atom stereocenters. The lowest BCUT2D eigenvalue weighted by Gasteiger charge is -2.12. The number of thioether (sulfide) groups is 1. The van der Waals surface area contributed by atoms with E-state index >= 15 is 0 Å². The highest BCUT2D eigenvalue weighted by Gasteiger charge is 2.10. The Bertz CT molecular complexity index is 464. The van der Waals surface area contributed by atoms with Gasteiger partial charge in [-0.2, -0.15) is 0 Å². The van der Waals surface area contributed by atoms with Gasteiger partial charge in [0.1, 0.15) is 0 Å². The molecule has 0 N–H and O–H groups in total. The Morgan fingerprint density at radius 3 is 2.61 bits per heavy atom. The zero-order chi connectivity index (χ0) is 13.5. The molecular weight excluding hydrogens is 262 g/mol. The molecule has 1 aromatic rings. The summed E-state index contributed by atoms with van der Waals surface area (Å²) in [6.45, 7) is 6.07. The van der Waals surface area contributed by atoms with Gasteiger partial charge in [-0.05, 0) is 44.2 Å². The van der Waals surface area contributed by atoms with Gasteiger partial charge in [0.25, 0.3) is 0 Å². The highest BCUT2D eigenvalue weighted by atomic mass is 35.5. The average Bonchev–Trinajstić information content (AvgIpc) is 2.41. The molecule has 0 bridgehead atoms. The Labute approximate surface area is 119 Å². The molecule has 0 atom stereocenters. The van der Waals surface area contributed by atoms with Gasteiger partial charge in [0.15, 0.2) is 0 Å². The minimum Gasteiger partial charge on any atom is -0.258 e. The SMILES string of the molecule is CC.CSc1ccc(Cl)c(C2=CCCC(C)=N2)c1. The highest BCUT2D eigenvalue weighted by molar-refractivity contribution is 7.98. The van der Waals surface area contributed by atoms with Gasteiger partial charge in [0.2, 0.25) is 0 Å². The minimum atomic E-state index is 0.780. The molecule has 3 heteroatoms. The van der Waals surface area contributed by atoms with Crippen molar-refractivity contribution in [2.24, 2.45) is 4.99 Å². The molecule has 0 fully saturated rings. The number of aliphatic imine (C=N–C) groups is 1. The zero-order valence-corrected chi connectivity index (χ0v) is 13.0. The summed E-state index contributed by atoms with van der Waals surface area (Å²) in [4.78, 5) is 5.79. The number of hydrogen-bond acceptors (Lipinski definition) is 2. The number of allylic oxidation sites excluding steroid dienone is 1. The summed E-state index contributed by atoms with van der Waals surface area (Å²) in [5, 5.41) is 0.780. The van der Waals surface area contributed by atoms with Crippen LogP contribution in [0.15, 0.2) is 34.2 Å². The van der Waals surface area contributed by atoms with Gasteiger partial charge in [0.05, 0.1) is 10.7 Å². The van der Waals surface area contributed by atoms with Gasteiger partial charge in [-0.1, -0.05) is 31.5 Å². The Hall–Kier alpha value is -0.730. The molecule has 1 nitrogen and oxygen atoms in total. The smallest absolute Gasteiger partial charge is 0.0676 e. The molecule has 1 aliphatic heterocycles. The minimum absolute atomic E-state index is 0.780. The van der Waals surface area contributed by atoms with Crippen molar-refractivity contribution in [3.8, 4) is 0 Å². The second kappa shape index (κ2) is 7.65. The second-order valence-corrected chi connectivity index (χ2v) is 5.11. The molecule has 2 rings (SSSR count). The van der Waals surface area contributed by atoms with E-state index in [-0.39, 0.29) is 0 Å². The van der Waals surface area contributed by atoms with Gasteiger partial charge in [-0.3, -0.25) is 4.99 Å². The van der Waals surface area contributed by atoms with Crippen LogP contribution in [0.2, 0.25) is 5.02 Å². The fraction of sp³-hybridized carbons (Fsp3) is 0.400. The maximum atomic E-state index is 6.21. The third kappa shape index (κ3) is 3.89. The van der Waals surface area contributed by atoms with Gasteiger partial charge in [-0.25, -0.2) is 0 Å². The third-order valence-electron chi connectivity index (χ3n) is 2.60. The van der Waals surface area contributed by atoms with Crippen LogP contribution in [-0.2, 0) is 0 Å². The van der Waals surface area contributed by atoms with Gasteiger partial charge in [0, 0.05) is 16.2 Å². The molecule has 1 aliphatic rings. The van der Waals surface area contributed by atoms with Crippen LogP contribution >= 0.6 is 23.4 Å². The van der Waals surface area contributed by atoms with E-state index in [1.165, 1.54) is 10.6 Å². The predicted molar refractivity (Wildman–Crippen MR) is 84.9 cm³/mol. The summed E-state index contributed by atoms with van der Waals surface area (Å²) >= 11 is 7.94. The first-order valence-electron chi connectivity index (χ1n) is 6.29. The van der Waals surface area contributed by atoms with Crippen LogP contribution in [0, 0.1) is 0 Å². The lowest BCUT2D eigenvalue weighted by Crippen LogP contribution is -1.98. The van der Waals surface area contributed by atoms with Crippen LogP contribution in [0.3, 0.4) is 0 Å². The average molecular weight is 282 g/mol. The molecule has 0 amide bonds. The summed E-state index contributed by atoms with van der Waals surface area (Å²) in [6.07, 6.45) is 6.35. The van der Waals surface area contributed by atoms with E-state index in [4.69, 9.17) is 11.6 Å². The van der Waals surface area contributed by atoms with Crippen molar-refractivity contribution in [1.82, 2.24) is 0 Å². The molecule has 0 saturated carbocycles. The van der Waals surface area contributed by atoms with Gasteiger partial charge in [-0.15, -0.1) is 11.8 Å². The monoisotopic (exact) mass is 281 g/mol. The summed E-state index contributed by atoms with van der Waals surface area (Å²) in [5.74, 6) is 0. The first-order valence-corrected chi connectivity index (χ1v) is 7.89. The Kier molecular flexibility index (Phi) is 6.51. The van der Waals surface area contributed by atoms with Crippen molar-refractivity contribution < 1.29 is 0 Å². The van der Waals surface area contributed by atoms with E-state index in [1.54, 1.807) is 11.8 Å². The fourth-order valence-electron chi connectivity index (χ4n) is 1.72. The van der Waals surface area contributed by atoms with Crippen LogP contribution < -0.4 is 0 Å². The number of hydrogen-bond donors (Lipinski definition) is 0. The molecule has 1 heterocycles. The third-order valence-corrected chi connectivity index (χ3v) is 3.66. The molecule has 0 saturated heterocycles. The van der Waals surface area contributed by atoms with Crippen molar-refractivity contribution in [3.05, 3.63) is 34.9 Å². The van der Waals surface area contributed by atoms with E-state index in [0.29, 0.717) is 0 Å². The second-order valence-electron chi connectivity index (χ2n) is 3.82. The molecule has 0 spiro atoms. The quantitative estimate of drug-likeness (QED) is 0.635. The number of benzene rings is 1. The summed E-state index contributed by atoms with van der Waals surface area (Å²) in [6, 6.07) is 6.10. The Morgan fingerprint density at radius 2 is 2.00 bits per heavy atom. The van der Waals surface area contributed by atoms with Crippen molar-refractivity contribution >= 4 is 34.8 Å². The maximum absolute atomic E-state index is 6.21. The number of halogens is 1.